The van der Waals surface area contributed by atoms with E-state index >= 15 is 0 Å². The molecule has 3 heteroatoms. The number of nitrogens with two attached hydrogens (primary N) is 1. The summed E-state index contributed by atoms with van der Waals surface area (Å²) in [5.41, 5.74) is 7.36. The highest BCUT2D eigenvalue weighted by atomic mass is 79.9. The first-order valence-electron chi connectivity index (χ1n) is 5.08. The maximum atomic E-state index is 5.67. The van der Waals surface area contributed by atoms with Crippen LogP contribution in [-0.4, -0.2) is 11.5 Å². The second-order valence-corrected chi connectivity index (χ2v) is 4.98. The Hall–Kier alpha value is -0.410. The van der Waals surface area contributed by atoms with Crippen LogP contribution in [0.2, 0.25) is 0 Å². The number of rotatable bonds is 3. The lowest BCUT2D eigenvalue weighted by Crippen LogP contribution is -2.36. The van der Waals surface area contributed by atoms with Gasteiger partial charge in [-0.25, -0.2) is 0 Å². The SMILES string of the molecule is NCCC1(c2cncc(Br)c2)CCC1. The Morgan fingerprint density at radius 3 is 2.71 bits per heavy atom. The van der Waals surface area contributed by atoms with Gasteiger partial charge < -0.3 is 5.73 Å². The second kappa shape index (κ2) is 3.99. The molecule has 1 aliphatic carbocycles. The zero-order chi connectivity index (χ0) is 10.0. The van der Waals surface area contributed by atoms with Crippen LogP contribution in [0.5, 0.6) is 0 Å². The van der Waals surface area contributed by atoms with Gasteiger partial charge in [-0.1, -0.05) is 6.42 Å². The molecule has 1 aliphatic rings. The molecule has 2 nitrogen and oxygen atoms in total. The van der Waals surface area contributed by atoms with Crippen LogP contribution in [0.4, 0.5) is 0 Å². The molecular formula is C11H15BrN2. The van der Waals surface area contributed by atoms with Gasteiger partial charge >= 0.3 is 0 Å². The average Bonchev–Trinajstić information content (AvgIpc) is 2.11. The largest absolute Gasteiger partial charge is 0.330 e. The fourth-order valence-corrected chi connectivity index (χ4v) is 2.63. The second-order valence-electron chi connectivity index (χ2n) is 4.06. The lowest BCUT2D eigenvalue weighted by Gasteiger charge is -2.42. The van der Waals surface area contributed by atoms with E-state index in [4.69, 9.17) is 5.73 Å². The molecule has 0 aliphatic heterocycles. The van der Waals surface area contributed by atoms with Gasteiger partial charge in [0, 0.05) is 16.9 Å². The van der Waals surface area contributed by atoms with Crippen molar-refractivity contribution >= 4 is 15.9 Å². The molecule has 0 spiro atoms. The number of hydrogen-bond acceptors (Lipinski definition) is 2. The third kappa shape index (κ3) is 1.71. The molecular weight excluding hydrogens is 240 g/mol. The summed E-state index contributed by atoms with van der Waals surface area (Å²) in [5, 5.41) is 0. The van der Waals surface area contributed by atoms with E-state index in [0.717, 1.165) is 17.4 Å². The summed E-state index contributed by atoms with van der Waals surface area (Å²) < 4.78 is 1.07. The Bertz CT molecular complexity index is 321. The zero-order valence-electron chi connectivity index (χ0n) is 8.17. The molecule has 76 valence electrons. The van der Waals surface area contributed by atoms with Crippen molar-refractivity contribution in [2.75, 3.05) is 6.54 Å². The normalized spacial score (nSPS) is 19.0. The topological polar surface area (TPSA) is 38.9 Å². The molecule has 0 saturated heterocycles. The monoisotopic (exact) mass is 254 g/mol. The summed E-state index contributed by atoms with van der Waals surface area (Å²) in [6.07, 6.45) is 8.76. The maximum Gasteiger partial charge on any atom is 0.0410 e. The lowest BCUT2D eigenvalue weighted by molar-refractivity contribution is 0.229. The Morgan fingerprint density at radius 2 is 2.21 bits per heavy atom. The van der Waals surface area contributed by atoms with E-state index in [-0.39, 0.29) is 0 Å². The molecule has 0 aromatic carbocycles. The molecule has 1 heterocycles. The van der Waals surface area contributed by atoms with E-state index in [1.807, 2.05) is 12.4 Å². The van der Waals surface area contributed by atoms with E-state index in [0.29, 0.717) is 5.41 Å². The molecule has 1 aromatic heterocycles. The Balaban J connectivity index is 2.27. The van der Waals surface area contributed by atoms with Crippen molar-refractivity contribution in [3.8, 4) is 0 Å². The summed E-state index contributed by atoms with van der Waals surface area (Å²) in [5.74, 6) is 0. The molecule has 0 atom stereocenters. The van der Waals surface area contributed by atoms with E-state index in [2.05, 4.69) is 27.0 Å². The number of hydrogen-bond donors (Lipinski definition) is 1. The first-order chi connectivity index (χ1) is 6.77. The van der Waals surface area contributed by atoms with Gasteiger partial charge in [0.1, 0.15) is 0 Å². The van der Waals surface area contributed by atoms with Gasteiger partial charge in [0.2, 0.25) is 0 Å². The number of halogens is 1. The van der Waals surface area contributed by atoms with Crippen molar-refractivity contribution in [2.45, 2.75) is 31.1 Å². The van der Waals surface area contributed by atoms with Crippen LogP contribution in [0.25, 0.3) is 0 Å². The summed E-state index contributed by atoms with van der Waals surface area (Å²) in [7, 11) is 0. The minimum atomic E-state index is 0.339. The van der Waals surface area contributed by atoms with Crippen LogP contribution in [0, 0.1) is 0 Å². The molecule has 2 rings (SSSR count). The summed E-state index contributed by atoms with van der Waals surface area (Å²) in [6.45, 7) is 0.770. The smallest absolute Gasteiger partial charge is 0.0410 e. The van der Waals surface area contributed by atoms with Crippen molar-refractivity contribution in [1.29, 1.82) is 0 Å². The Labute approximate surface area is 93.0 Å². The van der Waals surface area contributed by atoms with Gasteiger partial charge in [-0.2, -0.15) is 0 Å². The minimum absolute atomic E-state index is 0.339. The molecule has 0 unspecified atom stereocenters. The standard InChI is InChI=1S/C11H15BrN2/c12-10-6-9(7-14-8-10)11(4-5-13)2-1-3-11/h6-8H,1-5,13H2. The minimum Gasteiger partial charge on any atom is -0.330 e. The fourth-order valence-electron chi connectivity index (χ4n) is 2.26. The van der Waals surface area contributed by atoms with Gasteiger partial charge in [0.15, 0.2) is 0 Å². The molecule has 1 saturated carbocycles. The summed E-state index contributed by atoms with van der Waals surface area (Å²) >= 11 is 3.47. The molecule has 0 bridgehead atoms. The fraction of sp³-hybridized carbons (Fsp3) is 0.545. The first kappa shape index (κ1) is 10.1. The van der Waals surface area contributed by atoms with E-state index in [1.165, 1.54) is 24.8 Å². The zero-order valence-corrected chi connectivity index (χ0v) is 9.76. The number of pyridine rings is 1. The van der Waals surface area contributed by atoms with Crippen LogP contribution in [-0.2, 0) is 5.41 Å². The Morgan fingerprint density at radius 1 is 1.43 bits per heavy atom. The summed E-state index contributed by atoms with van der Waals surface area (Å²) in [4.78, 5) is 4.23. The van der Waals surface area contributed by atoms with Crippen LogP contribution < -0.4 is 5.73 Å². The predicted molar refractivity (Wildman–Crippen MR) is 61.1 cm³/mol. The first-order valence-corrected chi connectivity index (χ1v) is 5.87. The van der Waals surface area contributed by atoms with Gasteiger partial charge in [-0.15, -0.1) is 0 Å². The summed E-state index contributed by atoms with van der Waals surface area (Å²) in [6, 6.07) is 2.18. The third-order valence-electron chi connectivity index (χ3n) is 3.25. The van der Waals surface area contributed by atoms with Crippen LogP contribution in [0.15, 0.2) is 22.9 Å². The van der Waals surface area contributed by atoms with Crippen molar-refractivity contribution in [3.63, 3.8) is 0 Å². The highest BCUT2D eigenvalue weighted by Gasteiger charge is 2.37. The van der Waals surface area contributed by atoms with E-state index < -0.39 is 0 Å². The molecule has 1 fully saturated rings. The molecule has 0 amide bonds. The molecule has 0 radical (unpaired) electrons. The lowest BCUT2D eigenvalue weighted by atomic mass is 9.63. The van der Waals surface area contributed by atoms with Gasteiger partial charge in [-0.05, 0) is 58.8 Å². The van der Waals surface area contributed by atoms with Crippen LogP contribution >= 0.6 is 15.9 Å². The van der Waals surface area contributed by atoms with Crippen LogP contribution in [0.1, 0.15) is 31.2 Å². The number of nitrogens with zero attached hydrogens (tertiary/aromatic N) is 1. The predicted octanol–water partition coefficient (Wildman–Crippen LogP) is 2.61. The van der Waals surface area contributed by atoms with Gasteiger partial charge in [0.05, 0.1) is 0 Å². The molecule has 14 heavy (non-hydrogen) atoms. The highest BCUT2D eigenvalue weighted by molar-refractivity contribution is 9.10. The van der Waals surface area contributed by atoms with Crippen molar-refractivity contribution in [2.24, 2.45) is 5.73 Å². The number of aromatic nitrogens is 1. The maximum absolute atomic E-state index is 5.67. The van der Waals surface area contributed by atoms with E-state index in [9.17, 15) is 0 Å². The van der Waals surface area contributed by atoms with Crippen LogP contribution in [0.3, 0.4) is 0 Å². The van der Waals surface area contributed by atoms with Crippen molar-refractivity contribution < 1.29 is 0 Å². The van der Waals surface area contributed by atoms with Crippen molar-refractivity contribution in [3.05, 3.63) is 28.5 Å². The molecule has 1 aromatic rings. The van der Waals surface area contributed by atoms with Crippen molar-refractivity contribution in [1.82, 2.24) is 4.98 Å². The highest BCUT2D eigenvalue weighted by Crippen LogP contribution is 2.46. The van der Waals surface area contributed by atoms with Gasteiger partial charge in [-0.3, -0.25) is 4.98 Å². The Kier molecular flexibility index (Phi) is 2.88. The average molecular weight is 255 g/mol. The van der Waals surface area contributed by atoms with Gasteiger partial charge in [0.25, 0.3) is 0 Å². The quantitative estimate of drug-likeness (QED) is 0.901. The third-order valence-corrected chi connectivity index (χ3v) is 3.68. The molecule has 2 N–H and O–H groups in total. The van der Waals surface area contributed by atoms with E-state index in [1.54, 1.807) is 0 Å².